The summed E-state index contributed by atoms with van der Waals surface area (Å²) in [5.74, 6) is 0.866. The Morgan fingerprint density at radius 1 is 1.39 bits per heavy atom. The maximum absolute atomic E-state index is 11.4. The molecule has 132 valence electrons. The van der Waals surface area contributed by atoms with Crippen LogP contribution in [-0.2, 0) is 9.53 Å². The van der Waals surface area contributed by atoms with Crippen LogP contribution in [0.25, 0.3) is 0 Å². The predicted octanol–water partition coefficient (Wildman–Crippen LogP) is 3.07. The van der Waals surface area contributed by atoms with E-state index in [4.69, 9.17) is 0 Å². The maximum Gasteiger partial charge on any atom is 0.333 e. The van der Waals surface area contributed by atoms with Crippen LogP contribution in [0.3, 0.4) is 0 Å². The zero-order chi connectivity index (χ0) is 17.2. The van der Waals surface area contributed by atoms with Gasteiger partial charge in [-0.2, -0.15) is 0 Å². The lowest BCUT2D eigenvalue weighted by atomic mass is 9.61. The van der Waals surface area contributed by atoms with Crippen molar-refractivity contribution in [3.8, 4) is 0 Å². The van der Waals surface area contributed by atoms with Crippen LogP contribution in [0.1, 0.15) is 58.8 Å². The van der Waals surface area contributed by atoms with E-state index in [0.717, 1.165) is 25.7 Å². The molecule has 23 heavy (non-hydrogen) atoms. The van der Waals surface area contributed by atoms with E-state index in [1.54, 1.807) is 0 Å². The number of hydrogen-bond donors (Lipinski definition) is 2. The van der Waals surface area contributed by atoms with Gasteiger partial charge in [-0.1, -0.05) is 26.8 Å². The number of esters is 1. The minimum absolute atomic E-state index is 0.157. The van der Waals surface area contributed by atoms with E-state index in [9.17, 15) is 15.0 Å². The lowest BCUT2D eigenvalue weighted by molar-refractivity contribution is -0.136. The molecular formula is C19H32O4. The molecule has 0 amide bonds. The average molecular weight is 324 g/mol. The number of aliphatic hydroxyl groups excluding tert-OH is 2. The van der Waals surface area contributed by atoms with Gasteiger partial charge in [-0.25, -0.2) is 4.79 Å². The number of carbonyl (C=O) groups is 1. The predicted molar refractivity (Wildman–Crippen MR) is 89.7 cm³/mol. The van der Waals surface area contributed by atoms with Gasteiger partial charge in [-0.15, -0.1) is 0 Å². The number of methoxy groups -OCH3 is 1. The van der Waals surface area contributed by atoms with Crippen LogP contribution in [0.2, 0.25) is 0 Å². The molecule has 6 atom stereocenters. The van der Waals surface area contributed by atoms with Crippen LogP contribution in [0.4, 0.5) is 0 Å². The second-order valence-corrected chi connectivity index (χ2v) is 7.92. The highest BCUT2D eigenvalue weighted by Crippen LogP contribution is 2.58. The second kappa shape index (κ2) is 7.35. The summed E-state index contributed by atoms with van der Waals surface area (Å²) >= 11 is 0. The standard InChI is InChI=1S/C19H32O4/c1-12(10-14(20)11-13(2)18(22)23-4)15-7-8-16-17(21)6-5-9-19(15,16)3/h12,14-17,20-21H,2,5-11H2,1,3-4H3/t12-,14-,15-,16?,17?,19+/m1/s1. The second-order valence-electron chi connectivity index (χ2n) is 7.92. The van der Waals surface area contributed by atoms with E-state index in [0.29, 0.717) is 29.7 Å². The van der Waals surface area contributed by atoms with Gasteiger partial charge in [0, 0.05) is 12.0 Å². The summed E-state index contributed by atoms with van der Waals surface area (Å²) in [5, 5.41) is 20.6. The average Bonchev–Trinajstić information content (AvgIpc) is 2.84. The van der Waals surface area contributed by atoms with Crippen molar-refractivity contribution in [2.24, 2.45) is 23.2 Å². The first-order valence-corrected chi connectivity index (χ1v) is 8.91. The summed E-state index contributed by atoms with van der Waals surface area (Å²) in [4.78, 5) is 11.4. The molecule has 2 aliphatic rings. The minimum atomic E-state index is -0.562. The van der Waals surface area contributed by atoms with Gasteiger partial charge in [0.05, 0.1) is 19.3 Å². The Balaban J connectivity index is 1.94. The Bertz CT molecular complexity index is 447. The first-order valence-electron chi connectivity index (χ1n) is 8.91. The molecule has 0 aromatic heterocycles. The maximum atomic E-state index is 11.4. The van der Waals surface area contributed by atoms with Crippen molar-refractivity contribution in [2.45, 2.75) is 71.0 Å². The fraction of sp³-hybridized carbons (Fsp3) is 0.842. The number of rotatable bonds is 6. The Morgan fingerprint density at radius 3 is 2.74 bits per heavy atom. The molecule has 0 heterocycles. The highest BCUT2D eigenvalue weighted by molar-refractivity contribution is 5.87. The topological polar surface area (TPSA) is 66.8 Å². The molecule has 4 heteroatoms. The molecular weight excluding hydrogens is 292 g/mol. The molecule has 0 aromatic rings. The third kappa shape index (κ3) is 3.80. The largest absolute Gasteiger partial charge is 0.466 e. The van der Waals surface area contributed by atoms with Crippen LogP contribution in [0, 0.1) is 23.2 Å². The highest BCUT2D eigenvalue weighted by Gasteiger charge is 2.52. The monoisotopic (exact) mass is 324 g/mol. The SMILES string of the molecule is C=C(C[C@H](O)C[C@@H](C)[C@H]1CCC2C(O)CCC[C@]21C)C(=O)OC. The van der Waals surface area contributed by atoms with Crippen molar-refractivity contribution in [1.29, 1.82) is 0 Å². The molecule has 2 fully saturated rings. The fourth-order valence-corrected chi connectivity index (χ4v) is 5.31. The molecule has 2 unspecified atom stereocenters. The molecule has 0 bridgehead atoms. The molecule has 0 aliphatic heterocycles. The van der Waals surface area contributed by atoms with Crippen LogP contribution in [0.15, 0.2) is 12.2 Å². The number of fused-ring (bicyclic) bond motifs is 1. The van der Waals surface area contributed by atoms with Crippen molar-refractivity contribution in [1.82, 2.24) is 0 Å². The summed E-state index contributed by atoms with van der Waals surface area (Å²) in [6.07, 6.45) is 5.65. The smallest absolute Gasteiger partial charge is 0.333 e. The molecule has 4 nitrogen and oxygen atoms in total. The molecule has 2 saturated carbocycles. The molecule has 0 radical (unpaired) electrons. The number of carbonyl (C=O) groups excluding carboxylic acids is 1. The van der Waals surface area contributed by atoms with Gasteiger partial charge >= 0.3 is 5.97 Å². The first-order chi connectivity index (χ1) is 10.8. The lowest BCUT2D eigenvalue weighted by Gasteiger charge is -2.45. The Hall–Kier alpha value is -0.870. The zero-order valence-electron chi connectivity index (χ0n) is 14.8. The summed E-state index contributed by atoms with van der Waals surface area (Å²) in [7, 11) is 1.33. The number of ether oxygens (including phenoxy) is 1. The van der Waals surface area contributed by atoms with Crippen molar-refractivity contribution in [2.75, 3.05) is 7.11 Å². The van der Waals surface area contributed by atoms with E-state index >= 15 is 0 Å². The van der Waals surface area contributed by atoms with Gasteiger partial charge in [0.25, 0.3) is 0 Å². The van der Waals surface area contributed by atoms with Crippen molar-refractivity contribution in [3.63, 3.8) is 0 Å². The summed E-state index contributed by atoms with van der Waals surface area (Å²) in [6.45, 7) is 8.22. The normalized spacial score (nSPS) is 36.1. The van der Waals surface area contributed by atoms with Gasteiger partial charge in [0.15, 0.2) is 0 Å². The number of aliphatic hydroxyl groups is 2. The third-order valence-corrected chi connectivity index (χ3v) is 6.45. The van der Waals surface area contributed by atoms with Crippen molar-refractivity contribution < 1.29 is 19.7 Å². The molecule has 0 saturated heterocycles. The van der Waals surface area contributed by atoms with Crippen LogP contribution < -0.4 is 0 Å². The Labute approximate surface area is 139 Å². The van der Waals surface area contributed by atoms with E-state index in [1.165, 1.54) is 13.5 Å². The zero-order valence-corrected chi connectivity index (χ0v) is 14.8. The number of hydrogen-bond acceptors (Lipinski definition) is 4. The Kier molecular flexibility index (Phi) is 5.90. The fourth-order valence-electron chi connectivity index (χ4n) is 5.31. The van der Waals surface area contributed by atoms with E-state index in [-0.39, 0.29) is 17.9 Å². The van der Waals surface area contributed by atoms with E-state index < -0.39 is 12.1 Å². The quantitative estimate of drug-likeness (QED) is 0.582. The van der Waals surface area contributed by atoms with Gasteiger partial charge in [0.1, 0.15) is 0 Å². The van der Waals surface area contributed by atoms with Gasteiger partial charge in [-0.05, 0) is 55.3 Å². The van der Waals surface area contributed by atoms with E-state index in [2.05, 4.69) is 25.2 Å². The van der Waals surface area contributed by atoms with Crippen molar-refractivity contribution in [3.05, 3.63) is 12.2 Å². The minimum Gasteiger partial charge on any atom is -0.466 e. The third-order valence-electron chi connectivity index (χ3n) is 6.45. The van der Waals surface area contributed by atoms with E-state index in [1.807, 2.05) is 0 Å². The highest BCUT2D eigenvalue weighted by atomic mass is 16.5. The molecule has 0 aromatic carbocycles. The first kappa shape index (κ1) is 18.5. The molecule has 2 rings (SSSR count). The van der Waals surface area contributed by atoms with Crippen LogP contribution in [0.5, 0.6) is 0 Å². The van der Waals surface area contributed by atoms with Gasteiger partial charge < -0.3 is 14.9 Å². The molecule has 2 N–H and O–H groups in total. The van der Waals surface area contributed by atoms with Crippen LogP contribution in [-0.4, -0.2) is 35.5 Å². The molecule has 0 spiro atoms. The lowest BCUT2D eigenvalue weighted by Crippen LogP contribution is -2.41. The summed E-state index contributed by atoms with van der Waals surface area (Å²) < 4.78 is 4.64. The van der Waals surface area contributed by atoms with Crippen molar-refractivity contribution >= 4 is 5.97 Å². The molecule has 2 aliphatic carbocycles. The van der Waals surface area contributed by atoms with Crippen LogP contribution >= 0.6 is 0 Å². The van der Waals surface area contributed by atoms with Gasteiger partial charge in [-0.3, -0.25) is 0 Å². The Morgan fingerprint density at radius 2 is 2.09 bits per heavy atom. The summed E-state index contributed by atoms with van der Waals surface area (Å²) in [5.41, 5.74) is 0.520. The van der Waals surface area contributed by atoms with Gasteiger partial charge in [0.2, 0.25) is 0 Å². The summed E-state index contributed by atoms with van der Waals surface area (Å²) in [6, 6.07) is 0.